The van der Waals surface area contributed by atoms with Gasteiger partial charge in [-0.15, -0.1) is 0 Å². The molecule has 4 heteroatoms. The van der Waals surface area contributed by atoms with Gasteiger partial charge in [0.1, 0.15) is 0 Å². The maximum Gasteiger partial charge on any atom is 0.309 e. The Hall–Kier alpha value is -0.220. The van der Waals surface area contributed by atoms with Crippen LogP contribution in [-0.2, 0) is 9.53 Å². The molecule has 0 bridgehead atoms. The minimum absolute atomic E-state index is 0.0195. The van der Waals surface area contributed by atoms with Gasteiger partial charge in [-0.3, -0.25) is 4.79 Å². The Labute approximate surface area is 106 Å². The van der Waals surface area contributed by atoms with Crippen LogP contribution in [0.2, 0.25) is 0 Å². The van der Waals surface area contributed by atoms with Gasteiger partial charge in [-0.25, -0.2) is 0 Å². The number of hydrogen-bond acceptors (Lipinski definition) is 3. The second-order valence-corrected chi connectivity index (χ2v) is 6.94. The highest BCUT2D eigenvalue weighted by atomic mass is 32.2. The third-order valence-electron chi connectivity index (χ3n) is 5.01. The Balaban J connectivity index is 1.77. The van der Waals surface area contributed by atoms with Gasteiger partial charge in [0.05, 0.1) is 11.0 Å². The molecular weight excluding hydrogens is 236 g/mol. The van der Waals surface area contributed by atoms with Crippen molar-refractivity contribution in [3.8, 4) is 0 Å². The number of ether oxygens (including phenoxy) is 1. The highest BCUT2D eigenvalue weighted by molar-refractivity contribution is 7.99. The van der Waals surface area contributed by atoms with Crippen LogP contribution in [-0.4, -0.2) is 34.8 Å². The number of rotatable bonds is 2. The highest BCUT2D eigenvalue weighted by Crippen LogP contribution is 2.54. The van der Waals surface area contributed by atoms with Gasteiger partial charge in [0, 0.05) is 12.4 Å². The number of carboxylic acids is 1. The van der Waals surface area contributed by atoms with E-state index in [9.17, 15) is 9.90 Å². The second-order valence-electron chi connectivity index (χ2n) is 5.84. The molecule has 2 atom stereocenters. The number of hydrogen-bond donors (Lipinski definition) is 1. The third-order valence-corrected chi connectivity index (χ3v) is 6.24. The molecule has 1 saturated carbocycles. The summed E-state index contributed by atoms with van der Waals surface area (Å²) >= 11 is 1.95. The summed E-state index contributed by atoms with van der Waals surface area (Å²) in [6.07, 6.45) is 5.90. The second kappa shape index (κ2) is 4.16. The summed E-state index contributed by atoms with van der Waals surface area (Å²) in [5.74, 6) is 2.03. The molecule has 3 rings (SSSR count). The lowest BCUT2D eigenvalue weighted by molar-refractivity contribution is -0.171. The maximum absolute atomic E-state index is 11.6. The molecule has 17 heavy (non-hydrogen) atoms. The van der Waals surface area contributed by atoms with Crippen LogP contribution in [0.1, 0.15) is 38.5 Å². The van der Waals surface area contributed by atoms with E-state index < -0.39 is 11.4 Å². The molecule has 2 saturated heterocycles. The number of carbonyl (C=O) groups is 1. The lowest BCUT2D eigenvalue weighted by Crippen LogP contribution is -2.51. The fourth-order valence-electron chi connectivity index (χ4n) is 3.72. The van der Waals surface area contributed by atoms with Gasteiger partial charge in [-0.2, -0.15) is 11.8 Å². The smallest absolute Gasteiger partial charge is 0.309 e. The van der Waals surface area contributed by atoms with E-state index in [1.54, 1.807) is 0 Å². The van der Waals surface area contributed by atoms with Crippen LogP contribution < -0.4 is 0 Å². The summed E-state index contributed by atoms with van der Waals surface area (Å²) < 4.78 is 5.99. The van der Waals surface area contributed by atoms with Crippen molar-refractivity contribution in [3.63, 3.8) is 0 Å². The topological polar surface area (TPSA) is 46.5 Å². The van der Waals surface area contributed by atoms with Gasteiger partial charge in [0.15, 0.2) is 0 Å². The summed E-state index contributed by atoms with van der Waals surface area (Å²) in [5, 5.41) is 9.52. The molecule has 96 valence electrons. The van der Waals surface area contributed by atoms with Crippen molar-refractivity contribution in [1.29, 1.82) is 0 Å². The summed E-state index contributed by atoms with van der Waals surface area (Å²) in [7, 11) is 0. The lowest BCUT2D eigenvalue weighted by Gasteiger charge is -2.49. The molecule has 1 spiro atoms. The van der Waals surface area contributed by atoms with Crippen LogP contribution in [0.25, 0.3) is 0 Å². The first-order chi connectivity index (χ1) is 8.17. The SMILES string of the molecule is O=C(O)C1(C2CCOC3(CCSC3)C2)CCC1. The normalized spacial score (nSPS) is 40.1. The number of thioether (sulfide) groups is 1. The standard InChI is InChI=1S/C13H20O3S/c14-11(15)13(3-1-4-13)10-2-6-16-12(8-10)5-7-17-9-12/h10H,1-9H2,(H,14,15). The fourth-order valence-corrected chi connectivity index (χ4v) is 5.10. The van der Waals surface area contributed by atoms with E-state index in [0.29, 0.717) is 5.92 Å². The predicted octanol–water partition coefficient (Wildman–Crippen LogP) is 2.54. The molecule has 0 radical (unpaired) electrons. The zero-order chi connectivity index (χ0) is 11.9. The van der Waals surface area contributed by atoms with Crippen LogP contribution in [0.3, 0.4) is 0 Å². The molecule has 2 unspecified atom stereocenters. The fraction of sp³-hybridized carbons (Fsp3) is 0.923. The molecular formula is C13H20O3S. The molecule has 0 amide bonds. The van der Waals surface area contributed by atoms with Gasteiger partial charge in [0.25, 0.3) is 0 Å². The van der Waals surface area contributed by atoms with Crippen LogP contribution in [0.4, 0.5) is 0 Å². The van der Waals surface area contributed by atoms with Crippen LogP contribution in [0.5, 0.6) is 0 Å². The monoisotopic (exact) mass is 256 g/mol. The van der Waals surface area contributed by atoms with E-state index >= 15 is 0 Å². The summed E-state index contributed by atoms with van der Waals surface area (Å²) in [6, 6.07) is 0. The molecule has 3 nitrogen and oxygen atoms in total. The summed E-state index contributed by atoms with van der Waals surface area (Å²) in [6.45, 7) is 0.764. The molecule has 3 aliphatic rings. The number of carboxylic acid groups (broad SMARTS) is 1. The predicted molar refractivity (Wildman–Crippen MR) is 67.3 cm³/mol. The Morgan fingerprint density at radius 2 is 2.18 bits per heavy atom. The summed E-state index contributed by atoms with van der Waals surface area (Å²) in [4.78, 5) is 11.6. The molecule has 3 fully saturated rings. The van der Waals surface area contributed by atoms with Gasteiger partial charge in [-0.05, 0) is 43.8 Å². The Morgan fingerprint density at radius 3 is 2.71 bits per heavy atom. The van der Waals surface area contributed by atoms with E-state index in [0.717, 1.165) is 50.9 Å². The average molecular weight is 256 g/mol. The van der Waals surface area contributed by atoms with Crippen molar-refractivity contribution in [2.24, 2.45) is 11.3 Å². The van der Waals surface area contributed by atoms with E-state index in [1.807, 2.05) is 11.8 Å². The van der Waals surface area contributed by atoms with Crippen molar-refractivity contribution in [3.05, 3.63) is 0 Å². The first-order valence-electron chi connectivity index (χ1n) is 6.62. The van der Waals surface area contributed by atoms with E-state index in [-0.39, 0.29) is 5.60 Å². The molecule has 0 aromatic heterocycles. The van der Waals surface area contributed by atoms with Gasteiger partial charge in [0.2, 0.25) is 0 Å². The van der Waals surface area contributed by atoms with Gasteiger partial charge < -0.3 is 9.84 Å². The van der Waals surface area contributed by atoms with E-state index in [2.05, 4.69) is 0 Å². The largest absolute Gasteiger partial charge is 0.481 e. The van der Waals surface area contributed by atoms with Crippen molar-refractivity contribution < 1.29 is 14.6 Å². The van der Waals surface area contributed by atoms with Crippen molar-refractivity contribution >= 4 is 17.7 Å². The Kier molecular flexibility index (Phi) is 2.90. The molecule has 0 aromatic carbocycles. The van der Waals surface area contributed by atoms with Crippen LogP contribution >= 0.6 is 11.8 Å². The third kappa shape index (κ3) is 1.80. The van der Waals surface area contributed by atoms with Gasteiger partial charge in [-0.1, -0.05) is 6.42 Å². The zero-order valence-electron chi connectivity index (χ0n) is 10.1. The molecule has 1 N–H and O–H groups in total. The minimum atomic E-state index is -0.559. The quantitative estimate of drug-likeness (QED) is 0.824. The van der Waals surface area contributed by atoms with Gasteiger partial charge >= 0.3 is 5.97 Å². The van der Waals surface area contributed by atoms with E-state index in [4.69, 9.17) is 4.74 Å². The zero-order valence-corrected chi connectivity index (χ0v) is 10.9. The first kappa shape index (κ1) is 11.8. The van der Waals surface area contributed by atoms with E-state index in [1.165, 1.54) is 5.75 Å². The molecule has 1 aliphatic carbocycles. The average Bonchev–Trinajstić information content (AvgIpc) is 2.64. The van der Waals surface area contributed by atoms with Crippen LogP contribution in [0.15, 0.2) is 0 Å². The van der Waals surface area contributed by atoms with Crippen molar-refractivity contribution in [2.75, 3.05) is 18.1 Å². The summed E-state index contributed by atoms with van der Waals surface area (Å²) in [5.41, 5.74) is -0.379. The molecule has 2 heterocycles. The first-order valence-corrected chi connectivity index (χ1v) is 7.78. The van der Waals surface area contributed by atoms with Crippen LogP contribution in [0, 0.1) is 11.3 Å². The molecule has 0 aromatic rings. The minimum Gasteiger partial charge on any atom is -0.481 e. The highest BCUT2D eigenvalue weighted by Gasteiger charge is 2.54. The number of aliphatic carboxylic acids is 1. The Bertz CT molecular complexity index is 319. The Morgan fingerprint density at radius 1 is 1.35 bits per heavy atom. The molecule has 2 aliphatic heterocycles. The van der Waals surface area contributed by atoms with Crippen molar-refractivity contribution in [1.82, 2.24) is 0 Å². The van der Waals surface area contributed by atoms with Crippen molar-refractivity contribution in [2.45, 2.75) is 44.1 Å². The maximum atomic E-state index is 11.6. The lowest BCUT2D eigenvalue weighted by atomic mass is 9.57.